The highest BCUT2D eigenvalue weighted by Gasteiger charge is 2.27. The molecule has 2 saturated heterocycles. The number of carbonyl (C=O) groups is 1. The summed E-state index contributed by atoms with van der Waals surface area (Å²) in [5.41, 5.74) is 1.45. The van der Waals surface area contributed by atoms with Gasteiger partial charge in [0.15, 0.2) is 6.54 Å². The molecule has 0 aliphatic carbocycles. The quantitative estimate of drug-likeness (QED) is 0.790. The van der Waals surface area contributed by atoms with Crippen LogP contribution in [0.4, 0.5) is 0 Å². The van der Waals surface area contributed by atoms with Crippen LogP contribution in [0.1, 0.15) is 18.4 Å². The smallest absolute Gasteiger partial charge is 0.277 e. The van der Waals surface area contributed by atoms with E-state index in [2.05, 4.69) is 47.4 Å². The van der Waals surface area contributed by atoms with Gasteiger partial charge in [0.25, 0.3) is 5.91 Å². The highest BCUT2D eigenvalue weighted by atomic mass is 16.2. The Morgan fingerprint density at radius 2 is 1.56 bits per heavy atom. The van der Waals surface area contributed by atoms with Crippen molar-refractivity contribution in [1.82, 2.24) is 4.90 Å². The largest absolute Gasteiger partial charge is 0.338 e. The van der Waals surface area contributed by atoms with Crippen LogP contribution in [0.15, 0.2) is 42.5 Å². The van der Waals surface area contributed by atoms with Crippen molar-refractivity contribution < 1.29 is 14.6 Å². The minimum Gasteiger partial charge on any atom is -0.338 e. The fourth-order valence-electron chi connectivity index (χ4n) is 4.32. The van der Waals surface area contributed by atoms with Gasteiger partial charge < -0.3 is 14.7 Å². The second-order valence-electron chi connectivity index (χ2n) is 7.58. The highest BCUT2D eigenvalue weighted by molar-refractivity contribution is 5.85. The van der Waals surface area contributed by atoms with Crippen LogP contribution in [-0.2, 0) is 11.3 Å². The molecule has 0 atom stereocenters. The molecule has 132 valence electrons. The number of hydrogen-bond acceptors (Lipinski definition) is 1. The molecular formula is C21H29N3O+2. The van der Waals surface area contributed by atoms with Gasteiger partial charge in [-0.3, -0.25) is 4.79 Å². The number of quaternary nitrogens is 2. The minimum absolute atomic E-state index is 0.366. The van der Waals surface area contributed by atoms with Gasteiger partial charge in [0.2, 0.25) is 0 Å². The molecule has 2 N–H and O–H groups in total. The number of nitrogens with zero attached hydrogens (tertiary/aromatic N) is 1. The first-order valence-corrected chi connectivity index (χ1v) is 9.71. The van der Waals surface area contributed by atoms with Crippen LogP contribution in [0.3, 0.4) is 0 Å². The van der Waals surface area contributed by atoms with Crippen molar-refractivity contribution in [3.05, 3.63) is 48.0 Å². The van der Waals surface area contributed by atoms with E-state index in [1.165, 1.54) is 34.1 Å². The van der Waals surface area contributed by atoms with Crippen LogP contribution in [0.5, 0.6) is 0 Å². The lowest BCUT2D eigenvalue weighted by molar-refractivity contribution is -1.02. The monoisotopic (exact) mass is 339 g/mol. The molecule has 0 aromatic heterocycles. The molecule has 25 heavy (non-hydrogen) atoms. The zero-order valence-corrected chi connectivity index (χ0v) is 15.0. The molecule has 0 radical (unpaired) electrons. The molecule has 4 heteroatoms. The standard InChI is InChI=1S/C21H27N3O/c25-21(24-10-3-4-11-24)17-23-14-12-22(13-15-23)16-19-8-5-7-18-6-1-2-9-20(18)19/h1-2,5-9H,3-4,10-17H2/p+2. The maximum absolute atomic E-state index is 12.3. The van der Waals surface area contributed by atoms with Gasteiger partial charge in [-0.25, -0.2) is 0 Å². The molecule has 2 aliphatic heterocycles. The third-order valence-corrected chi connectivity index (χ3v) is 5.84. The molecule has 2 aromatic rings. The van der Waals surface area contributed by atoms with Crippen LogP contribution in [0.2, 0.25) is 0 Å². The van der Waals surface area contributed by atoms with E-state index in [1.54, 1.807) is 4.90 Å². The van der Waals surface area contributed by atoms with Gasteiger partial charge in [-0.1, -0.05) is 42.5 Å². The summed E-state index contributed by atoms with van der Waals surface area (Å²) in [4.78, 5) is 17.5. The van der Waals surface area contributed by atoms with Gasteiger partial charge in [0.05, 0.1) is 0 Å². The first-order valence-electron chi connectivity index (χ1n) is 9.71. The minimum atomic E-state index is 0.366. The first-order chi connectivity index (χ1) is 12.3. The summed E-state index contributed by atoms with van der Waals surface area (Å²) in [6.07, 6.45) is 2.37. The van der Waals surface area contributed by atoms with E-state index in [9.17, 15) is 4.79 Å². The number of amides is 1. The number of piperazine rings is 1. The van der Waals surface area contributed by atoms with Gasteiger partial charge in [-0.15, -0.1) is 0 Å². The summed E-state index contributed by atoms with van der Waals surface area (Å²) < 4.78 is 0. The fourth-order valence-corrected chi connectivity index (χ4v) is 4.32. The first kappa shape index (κ1) is 16.6. The van der Waals surface area contributed by atoms with Gasteiger partial charge in [-0.05, 0) is 23.6 Å². The van der Waals surface area contributed by atoms with Gasteiger partial charge >= 0.3 is 0 Å². The number of carbonyl (C=O) groups excluding carboxylic acids is 1. The van der Waals surface area contributed by atoms with E-state index >= 15 is 0 Å². The molecule has 2 heterocycles. The lowest BCUT2D eigenvalue weighted by atomic mass is 10.0. The number of benzene rings is 2. The lowest BCUT2D eigenvalue weighted by Gasteiger charge is -2.30. The summed E-state index contributed by atoms with van der Waals surface area (Å²) >= 11 is 0. The van der Waals surface area contributed by atoms with E-state index in [0.717, 1.165) is 45.8 Å². The zero-order chi connectivity index (χ0) is 17.1. The van der Waals surface area contributed by atoms with Crippen molar-refractivity contribution in [2.75, 3.05) is 45.8 Å². The summed E-state index contributed by atoms with van der Waals surface area (Å²) in [6.45, 7) is 8.28. The zero-order valence-electron chi connectivity index (χ0n) is 15.0. The molecule has 4 nitrogen and oxygen atoms in total. The van der Waals surface area contributed by atoms with Gasteiger partial charge in [0.1, 0.15) is 32.7 Å². The Kier molecular flexibility index (Phi) is 4.99. The Labute approximate surface area is 150 Å². The van der Waals surface area contributed by atoms with Crippen LogP contribution in [0, 0.1) is 0 Å². The Morgan fingerprint density at radius 1 is 0.880 bits per heavy atom. The second kappa shape index (κ2) is 7.54. The van der Waals surface area contributed by atoms with E-state index < -0.39 is 0 Å². The summed E-state index contributed by atoms with van der Waals surface area (Å²) in [5, 5.41) is 2.72. The number of likely N-dealkylation sites (tertiary alicyclic amines) is 1. The summed E-state index contributed by atoms with van der Waals surface area (Å²) in [5.74, 6) is 0.366. The maximum Gasteiger partial charge on any atom is 0.277 e. The Bertz CT molecular complexity index is 726. The highest BCUT2D eigenvalue weighted by Crippen LogP contribution is 2.17. The molecule has 0 saturated carbocycles. The van der Waals surface area contributed by atoms with E-state index in [0.29, 0.717) is 12.5 Å². The number of fused-ring (bicyclic) bond motifs is 1. The Balaban J connectivity index is 1.32. The topological polar surface area (TPSA) is 29.2 Å². The molecule has 4 rings (SSSR count). The summed E-state index contributed by atoms with van der Waals surface area (Å²) in [6, 6.07) is 15.3. The number of nitrogens with one attached hydrogen (secondary N) is 2. The predicted molar refractivity (Wildman–Crippen MR) is 99.7 cm³/mol. The van der Waals surface area contributed by atoms with Crippen molar-refractivity contribution in [2.24, 2.45) is 0 Å². The SMILES string of the molecule is O=C(C[NH+]1CC[NH+](Cc2cccc3ccccc23)CC1)N1CCCC1. The fraction of sp³-hybridized carbons (Fsp3) is 0.476. The maximum atomic E-state index is 12.3. The van der Waals surface area contributed by atoms with Crippen molar-refractivity contribution in [3.63, 3.8) is 0 Å². The van der Waals surface area contributed by atoms with Crippen LogP contribution in [0.25, 0.3) is 10.8 Å². The molecule has 0 unspecified atom stereocenters. The van der Waals surface area contributed by atoms with Crippen molar-refractivity contribution in [3.8, 4) is 0 Å². The molecule has 0 bridgehead atoms. The molecule has 0 spiro atoms. The molecule has 2 fully saturated rings. The van der Waals surface area contributed by atoms with Gasteiger partial charge in [0, 0.05) is 18.7 Å². The van der Waals surface area contributed by atoms with E-state index in [-0.39, 0.29) is 0 Å². The molecule has 2 aliphatic rings. The lowest BCUT2D eigenvalue weighted by Crippen LogP contribution is -3.28. The van der Waals surface area contributed by atoms with Crippen molar-refractivity contribution >= 4 is 16.7 Å². The van der Waals surface area contributed by atoms with Crippen molar-refractivity contribution in [2.45, 2.75) is 19.4 Å². The summed E-state index contributed by atoms with van der Waals surface area (Å²) in [7, 11) is 0. The molecule has 1 amide bonds. The van der Waals surface area contributed by atoms with E-state index in [1.807, 2.05) is 0 Å². The third kappa shape index (κ3) is 3.86. The van der Waals surface area contributed by atoms with E-state index in [4.69, 9.17) is 0 Å². The molecule has 2 aromatic carbocycles. The average molecular weight is 339 g/mol. The van der Waals surface area contributed by atoms with Crippen LogP contribution >= 0.6 is 0 Å². The Morgan fingerprint density at radius 3 is 2.36 bits per heavy atom. The molecular weight excluding hydrogens is 310 g/mol. The van der Waals surface area contributed by atoms with Crippen LogP contribution < -0.4 is 9.80 Å². The second-order valence-corrected chi connectivity index (χ2v) is 7.58. The third-order valence-electron chi connectivity index (χ3n) is 5.84. The predicted octanol–water partition coefficient (Wildman–Crippen LogP) is -0.254. The van der Waals surface area contributed by atoms with Gasteiger partial charge in [-0.2, -0.15) is 0 Å². The van der Waals surface area contributed by atoms with Crippen molar-refractivity contribution in [1.29, 1.82) is 0 Å². The normalized spacial score (nSPS) is 23.9. The Hall–Kier alpha value is -1.91. The van der Waals surface area contributed by atoms with Crippen LogP contribution in [-0.4, -0.2) is 56.6 Å². The number of hydrogen-bond donors (Lipinski definition) is 2. The number of rotatable bonds is 4. The average Bonchev–Trinajstić information content (AvgIpc) is 3.19.